The summed E-state index contributed by atoms with van der Waals surface area (Å²) in [4.78, 5) is 0. The zero-order chi connectivity index (χ0) is 31.6. The molecule has 0 unspecified atom stereocenters. The standard InChI is InChI=1S/C24H43NO18/c26-3-7-1-25-2-8(30)19(7)41-23-17(36)14(33)21(10(5-28)39-23)43-24-18(37)15(34)20(11(6-29)40-24)42-22-16(35)13(32)12(31)9(4-27)38-22/h7-37H,1-6H2/p+1/t7-,8-,9-,10-,11-,12-,13+,14-,15-,16-,17-,18-,19-,20-,21-,22+,23+,24+/m1/s1. The monoisotopic (exact) mass is 634 g/mol. The molecule has 43 heavy (non-hydrogen) atoms. The molecule has 0 amide bonds. The SMILES string of the molecule is OC[C@H]1C[NH2+]C[C@@H](O)[C@@H]1O[C@@H]1O[C@H](CO)[C@@H](O[C@@H]2O[C@H](CO)[C@@H](O[C@@H]3O[C@H](CO)[C@@H](O)[C@H](O)[C@H]3O)[C@H](O)[C@H]2O)[C@H](O)[C@H]1O. The van der Waals surface area contributed by atoms with E-state index in [9.17, 15) is 61.3 Å². The van der Waals surface area contributed by atoms with Crippen molar-refractivity contribution in [3.8, 4) is 0 Å². The van der Waals surface area contributed by atoms with Crippen molar-refractivity contribution >= 4 is 0 Å². The minimum Gasteiger partial charge on any atom is -0.396 e. The smallest absolute Gasteiger partial charge is 0.187 e. The number of nitrogens with two attached hydrogens (primary N) is 1. The lowest BCUT2D eigenvalue weighted by Crippen LogP contribution is -2.92. The number of aliphatic hydroxyl groups excluding tert-OH is 12. The molecule has 19 nitrogen and oxygen atoms in total. The first-order valence-corrected chi connectivity index (χ1v) is 14.1. The number of quaternary nitrogens is 1. The van der Waals surface area contributed by atoms with Gasteiger partial charge in [0.15, 0.2) is 18.9 Å². The highest BCUT2D eigenvalue weighted by Crippen LogP contribution is 2.33. The van der Waals surface area contributed by atoms with Crippen LogP contribution in [0, 0.1) is 5.92 Å². The molecule has 4 rings (SSSR count). The fourth-order valence-electron chi connectivity index (χ4n) is 5.75. The summed E-state index contributed by atoms with van der Waals surface area (Å²) >= 11 is 0. The van der Waals surface area contributed by atoms with Crippen LogP contribution in [0.15, 0.2) is 0 Å². The normalized spacial score (nSPS) is 51.3. The molecular weight excluding hydrogens is 590 g/mol. The highest BCUT2D eigenvalue weighted by molar-refractivity contribution is 4.96. The van der Waals surface area contributed by atoms with Gasteiger partial charge in [-0.3, -0.25) is 0 Å². The Bertz CT molecular complexity index is 855. The van der Waals surface area contributed by atoms with Crippen LogP contribution in [0.25, 0.3) is 0 Å². The van der Waals surface area contributed by atoms with Crippen LogP contribution < -0.4 is 5.32 Å². The summed E-state index contributed by atoms with van der Waals surface area (Å²) in [5.41, 5.74) is 0. The molecule has 14 N–H and O–H groups in total. The van der Waals surface area contributed by atoms with E-state index < -0.39 is 130 Å². The number of ether oxygens (including phenoxy) is 6. The lowest BCUT2D eigenvalue weighted by Gasteiger charge is -2.48. The van der Waals surface area contributed by atoms with Gasteiger partial charge in [0.25, 0.3) is 0 Å². The Morgan fingerprint density at radius 2 is 0.884 bits per heavy atom. The van der Waals surface area contributed by atoms with Crippen molar-refractivity contribution in [3.05, 3.63) is 0 Å². The maximum Gasteiger partial charge on any atom is 0.187 e. The van der Waals surface area contributed by atoms with E-state index in [2.05, 4.69) is 0 Å². The van der Waals surface area contributed by atoms with Gasteiger partial charge in [-0.1, -0.05) is 0 Å². The maximum atomic E-state index is 10.9. The summed E-state index contributed by atoms with van der Waals surface area (Å²) in [6, 6.07) is 0. The van der Waals surface area contributed by atoms with Crippen molar-refractivity contribution in [2.24, 2.45) is 5.92 Å². The van der Waals surface area contributed by atoms with Crippen LogP contribution in [-0.4, -0.2) is 205 Å². The molecule has 0 aliphatic carbocycles. The zero-order valence-electron chi connectivity index (χ0n) is 23.0. The van der Waals surface area contributed by atoms with Gasteiger partial charge in [0.05, 0.1) is 38.9 Å². The Labute approximate surface area is 245 Å². The summed E-state index contributed by atoms with van der Waals surface area (Å²) < 4.78 is 33.3. The molecule has 0 aromatic rings. The molecule has 0 spiro atoms. The van der Waals surface area contributed by atoms with Crippen LogP contribution in [0.5, 0.6) is 0 Å². The molecule has 4 aliphatic rings. The molecule has 252 valence electrons. The van der Waals surface area contributed by atoms with Crippen molar-refractivity contribution < 1.29 is 95.0 Å². The third-order valence-electron chi connectivity index (χ3n) is 8.32. The van der Waals surface area contributed by atoms with Gasteiger partial charge >= 0.3 is 0 Å². The van der Waals surface area contributed by atoms with Crippen LogP contribution in [0.4, 0.5) is 0 Å². The van der Waals surface area contributed by atoms with Crippen molar-refractivity contribution in [2.45, 2.75) is 104 Å². The van der Waals surface area contributed by atoms with Crippen LogP contribution in [0.1, 0.15) is 0 Å². The quantitative estimate of drug-likeness (QED) is 0.106. The van der Waals surface area contributed by atoms with Crippen molar-refractivity contribution in [2.75, 3.05) is 39.5 Å². The Balaban J connectivity index is 1.42. The lowest BCUT2D eigenvalue weighted by molar-refractivity contribution is -0.681. The van der Waals surface area contributed by atoms with E-state index in [0.717, 1.165) is 0 Å². The summed E-state index contributed by atoms with van der Waals surface area (Å²) in [5, 5.41) is 125. The molecule has 0 aromatic carbocycles. The molecule has 19 heteroatoms. The van der Waals surface area contributed by atoms with Crippen molar-refractivity contribution in [1.82, 2.24) is 0 Å². The number of hydrogen-bond acceptors (Lipinski definition) is 18. The summed E-state index contributed by atoms with van der Waals surface area (Å²) in [5.74, 6) is -0.515. The average molecular weight is 635 g/mol. The van der Waals surface area contributed by atoms with Crippen molar-refractivity contribution in [1.29, 1.82) is 0 Å². The van der Waals surface area contributed by atoms with Crippen LogP contribution in [0.2, 0.25) is 0 Å². The van der Waals surface area contributed by atoms with E-state index in [1.807, 2.05) is 0 Å². The lowest BCUT2D eigenvalue weighted by atomic mass is 9.93. The Kier molecular flexibility index (Phi) is 12.4. The molecule has 0 radical (unpaired) electrons. The average Bonchev–Trinajstić information content (AvgIpc) is 3.00. The third-order valence-corrected chi connectivity index (χ3v) is 8.32. The summed E-state index contributed by atoms with van der Waals surface area (Å²) in [6.45, 7) is -2.03. The Hall–Kier alpha value is -0.760. The van der Waals surface area contributed by atoms with Gasteiger partial charge in [0.2, 0.25) is 0 Å². The molecule has 4 heterocycles. The van der Waals surface area contributed by atoms with Gasteiger partial charge in [-0.05, 0) is 0 Å². The molecular formula is C24H44NO18+. The predicted octanol–water partition coefficient (Wildman–Crippen LogP) is -9.63. The zero-order valence-corrected chi connectivity index (χ0v) is 23.0. The number of rotatable bonds is 10. The van der Waals surface area contributed by atoms with Gasteiger partial charge < -0.3 is 95.0 Å². The highest BCUT2D eigenvalue weighted by Gasteiger charge is 2.54. The van der Waals surface area contributed by atoms with E-state index in [1.165, 1.54) is 0 Å². The first kappa shape index (κ1) is 35.1. The van der Waals surface area contributed by atoms with E-state index in [1.54, 1.807) is 5.32 Å². The minimum absolute atomic E-state index is 0.258. The van der Waals surface area contributed by atoms with Gasteiger partial charge in [-0.15, -0.1) is 0 Å². The maximum absolute atomic E-state index is 10.9. The fourth-order valence-corrected chi connectivity index (χ4v) is 5.75. The van der Waals surface area contributed by atoms with E-state index in [-0.39, 0.29) is 13.2 Å². The van der Waals surface area contributed by atoms with Crippen LogP contribution in [0.3, 0.4) is 0 Å². The number of hydrogen-bond donors (Lipinski definition) is 13. The second-order valence-corrected chi connectivity index (χ2v) is 11.2. The van der Waals surface area contributed by atoms with E-state index in [0.29, 0.717) is 6.54 Å². The minimum atomic E-state index is -1.95. The first-order chi connectivity index (χ1) is 20.5. The van der Waals surface area contributed by atoms with E-state index in [4.69, 9.17) is 28.4 Å². The summed E-state index contributed by atoms with van der Waals surface area (Å²) in [6.07, 6.45) is -27.2. The molecule has 4 saturated heterocycles. The fraction of sp³-hybridized carbons (Fsp3) is 1.00. The van der Waals surface area contributed by atoms with Gasteiger partial charge in [0.1, 0.15) is 92.0 Å². The molecule has 18 atom stereocenters. The highest BCUT2D eigenvalue weighted by atomic mass is 16.8. The number of piperidine rings is 1. The second kappa shape index (κ2) is 15.2. The second-order valence-electron chi connectivity index (χ2n) is 11.2. The molecule has 0 saturated carbocycles. The van der Waals surface area contributed by atoms with E-state index >= 15 is 0 Å². The molecule has 0 aromatic heterocycles. The molecule has 0 bridgehead atoms. The third kappa shape index (κ3) is 7.30. The molecule has 4 fully saturated rings. The predicted molar refractivity (Wildman–Crippen MR) is 132 cm³/mol. The molecule has 4 aliphatic heterocycles. The largest absolute Gasteiger partial charge is 0.396 e. The topological polar surface area (TPSA) is 315 Å². The van der Waals surface area contributed by atoms with Gasteiger partial charge in [-0.2, -0.15) is 0 Å². The first-order valence-electron chi connectivity index (χ1n) is 14.1. The Morgan fingerprint density at radius 1 is 0.465 bits per heavy atom. The van der Waals surface area contributed by atoms with Crippen molar-refractivity contribution in [3.63, 3.8) is 0 Å². The number of aliphatic hydroxyl groups is 12. The van der Waals surface area contributed by atoms with Crippen LogP contribution in [-0.2, 0) is 28.4 Å². The summed E-state index contributed by atoms with van der Waals surface area (Å²) in [7, 11) is 0. The Morgan fingerprint density at radius 3 is 1.33 bits per heavy atom. The van der Waals surface area contributed by atoms with Crippen LogP contribution >= 0.6 is 0 Å². The van der Waals surface area contributed by atoms with Gasteiger partial charge in [-0.25, -0.2) is 0 Å². The van der Waals surface area contributed by atoms with Gasteiger partial charge in [0, 0.05) is 0 Å².